The molecule has 0 aromatic heterocycles. The van der Waals surface area contributed by atoms with Crippen LogP contribution in [0.5, 0.6) is 5.75 Å². The van der Waals surface area contributed by atoms with Gasteiger partial charge < -0.3 is 14.4 Å². The van der Waals surface area contributed by atoms with E-state index in [0.717, 1.165) is 29.8 Å². The van der Waals surface area contributed by atoms with E-state index in [1.165, 1.54) is 5.56 Å². The maximum atomic E-state index is 11.8. The first-order valence-electron chi connectivity index (χ1n) is 9.82. The van der Waals surface area contributed by atoms with Crippen molar-refractivity contribution in [2.45, 2.75) is 50.9 Å². The molecule has 0 saturated heterocycles. The van der Waals surface area contributed by atoms with Crippen molar-refractivity contribution in [3.05, 3.63) is 65.2 Å². The summed E-state index contributed by atoms with van der Waals surface area (Å²) >= 11 is 0. The van der Waals surface area contributed by atoms with Gasteiger partial charge in [-0.15, -0.1) is 0 Å². The van der Waals surface area contributed by atoms with Gasteiger partial charge in [0.1, 0.15) is 11.4 Å². The fraction of sp³-hybridized carbons (Fsp3) is 0.478. The smallest absolute Gasteiger partial charge is 0.250 e. The van der Waals surface area contributed by atoms with Crippen molar-refractivity contribution >= 4 is 8.32 Å². The Hall–Kier alpha value is -1.62. The summed E-state index contributed by atoms with van der Waals surface area (Å²) in [4.78, 5) is 2.21. The Kier molecular flexibility index (Phi) is 5.28. The third kappa shape index (κ3) is 3.98. The number of benzene rings is 2. The molecule has 0 aliphatic carbocycles. The lowest BCUT2D eigenvalue weighted by atomic mass is 9.83. The van der Waals surface area contributed by atoms with Crippen molar-refractivity contribution < 1.29 is 9.53 Å². The highest BCUT2D eigenvalue weighted by Crippen LogP contribution is 2.40. The molecule has 0 radical (unpaired) electrons. The third-order valence-corrected chi connectivity index (χ3v) is 10.6. The summed E-state index contributed by atoms with van der Waals surface area (Å²) in [5, 5.41) is 12.0. The standard InChI is InChI=1S/C23H33NO2Si/c1-22(2,3)27(5,6)26-20-12-9-11-19(16-20)23(25)17-24(4)15-14-18-10-7-8-13-21(18)23/h7-13,16,25H,14-15,17H2,1-6H3. The van der Waals surface area contributed by atoms with Crippen LogP contribution in [0.1, 0.15) is 37.5 Å². The van der Waals surface area contributed by atoms with E-state index in [-0.39, 0.29) is 5.04 Å². The van der Waals surface area contributed by atoms with Crippen LogP contribution in [0.4, 0.5) is 0 Å². The second kappa shape index (κ2) is 7.08. The summed E-state index contributed by atoms with van der Waals surface area (Å²) in [6, 6.07) is 16.4. The topological polar surface area (TPSA) is 32.7 Å². The summed E-state index contributed by atoms with van der Waals surface area (Å²) < 4.78 is 6.50. The summed E-state index contributed by atoms with van der Waals surface area (Å²) in [5.74, 6) is 0.858. The average Bonchev–Trinajstić information content (AvgIpc) is 2.71. The Morgan fingerprint density at radius 1 is 1.07 bits per heavy atom. The minimum atomic E-state index is -1.93. The van der Waals surface area contributed by atoms with Gasteiger partial charge in [-0.05, 0) is 60.4 Å². The average molecular weight is 384 g/mol. The summed E-state index contributed by atoms with van der Waals surface area (Å²) in [6.45, 7) is 12.8. The highest BCUT2D eigenvalue weighted by atomic mass is 28.4. The number of β-amino-alcohol motifs (C(OH)–C–C–N with tert-alkyl or cyclic N) is 1. The zero-order chi connectivity index (χ0) is 19.9. The van der Waals surface area contributed by atoms with E-state index < -0.39 is 13.9 Å². The van der Waals surface area contributed by atoms with Gasteiger partial charge in [-0.2, -0.15) is 0 Å². The van der Waals surface area contributed by atoms with Crippen LogP contribution in [0.2, 0.25) is 18.1 Å². The predicted octanol–water partition coefficient (Wildman–Crippen LogP) is 4.79. The Labute approximate surface area is 165 Å². The van der Waals surface area contributed by atoms with Gasteiger partial charge in [-0.25, -0.2) is 0 Å². The maximum Gasteiger partial charge on any atom is 0.250 e. The van der Waals surface area contributed by atoms with Crippen LogP contribution in [0.15, 0.2) is 48.5 Å². The van der Waals surface area contributed by atoms with Crippen LogP contribution in [-0.4, -0.2) is 38.5 Å². The van der Waals surface area contributed by atoms with E-state index in [4.69, 9.17) is 4.43 Å². The van der Waals surface area contributed by atoms with Gasteiger partial charge in [0.25, 0.3) is 0 Å². The van der Waals surface area contributed by atoms with Crippen LogP contribution in [0, 0.1) is 0 Å². The fourth-order valence-corrected chi connectivity index (χ4v) is 4.54. The highest BCUT2D eigenvalue weighted by molar-refractivity contribution is 6.74. The molecule has 0 spiro atoms. The molecule has 1 aliphatic heterocycles. The molecule has 1 atom stereocenters. The molecule has 0 amide bonds. The number of nitrogens with zero attached hydrogens (tertiary/aromatic N) is 1. The van der Waals surface area contributed by atoms with Crippen LogP contribution >= 0.6 is 0 Å². The van der Waals surface area contributed by atoms with Crippen molar-refractivity contribution in [2.24, 2.45) is 0 Å². The van der Waals surface area contributed by atoms with Crippen LogP contribution < -0.4 is 4.43 Å². The SMILES string of the molecule is CN1CCc2ccccc2C(O)(c2cccc(O[Si](C)(C)C(C)(C)C)c2)C1. The Morgan fingerprint density at radius 3 is 2.48 bits per heavy atom. The first kappa shape index (κ1) is 20.1. The first-order chi connectivity index (χ1) is 12.5. The number of fused-ring (bicyclic) bond motifs is 1. The summed E-state index contributed by atoms with van der Waals surface area (Å²) in [7, 11) is 0.147. The molecule has 1 aliphatic rings. The second-order valence-electron chi connectivity index (χ2n) is 9.40. The molecule has 3 rings (SSSR count). The molecule has 1 N–H and O–H groups in total. The number of rotatable bonds is 3. The number of hydrogen-bond donors (Lipinski definition) is 1. The molecule has 146 valence electrons. The van der Waals surface area contributed by atoms with E-state index in [2.05, 4.69) is 64.0 Å². The van der Waals surface area contributed by atoms with Gasteiger partial charge in [-0.1, -0.05) is 57.2 Å². The van der Waals surface area contributed by atoms with Crippen LogP contribution in [0.3, 0.4) is 0 Å². The minimum absolute atomic E-state index is 0.134. The molecule has 1 unspecified atom stereocenters. The number of aliphatic hydroxyl groups is 1. The molecular formula is C23H33NO2Si. The van der Waals surface area contributed by atoms with Crippen molar-refractivity contribution in [1.29, 1.82) is 0 Å². The maximum absolute atomic E-state index is 11.8. The zero-order valence-electron chi connectivity index (χ0n) is 17.5. The molecule has 2 aromatic rings. The lowest BCUT2D eigenvalue weighted by Crippen LogP contribution is -2.44. The van der Waals surface area contributed by atoms with Gasteiger partial charge in [0, 0.05) is 13.1 Å². The fourth-order valence-electron chi connectivity index (χ4n) is 3.52. The Balaban J connectivity index is 2.03. The van der Waals surface area contributed by atoms with E-state index in [1.54, 1.807) is 0 Å². The van der Waals surface area contributed by atoms with Gasteiger partial charge in [0.2, 0.25) is 8.32 Å². The van der Waals surface area contributed by atoms with Gasteiger partial charge in [0.15, 0.2) is 0 Å². The Morgan fingerprint density at radius 2 is 1.78 bits per heavy atom. The molecular weight excluding hydrogens is 350 g/mol. The molecule has 2 aromatic carbocycles. The summed E-state index contributed by atoms with van der Waals surface area (Å²) in [5.41, 5.74) is 2.10. The van der Waals surface area contributed by atoms with E-state index >= 15 is 0 Å². The van der Waals surface area contributed by atoms with Gasteiger partial charge in [0.05, 0.1) is 0 Å². The Bertz CT molecular complexity index is 812. The third-order valence-electron chi connectivity index (χ3n) is 6.22. The van der Waals surface area contributed by atoms with E-state index in [0.29, 0.717) is 6.54 Å². The molecule has 3 nitrogen and oxygen atoms in total. The quantitative estimate of drug-likeness (QED) is 0.773. The van der Waals surface area contributed by atoms with Crippen molar-refractivity contribution in [3.8, 4) is 5.75 Å². The molecule has 4 heteroatoms. The van der Waals surface area contributed by atoms with Crippen LogP contribution in [-0.2, 0) is 12.0 Å². The van der Waals surface area contributed by atoms with Gasteiger partial charge >= 0.3 is 0 Å². The molecule has 1 heterocycles. The lowest BCUT2D eigenvalue weighted by Gasteiger charge is -2.37. The van der Waals surface area contributed by atoms with Gasteiger partial charge in [-0.3, -0.25) is 0 Å². The number of likely N-dealkylation sites (N-methyl/N-ethyl adjacent to an activating group) is 1. The molecule has 0 bridgehead atoms. The van der Waals surface area contributed by atoms with Crippen molar-refractivity contribution in [3.63, 3.8) is 0 Å². The molecule has 0 fully saturated rings. The predicted molar refractivity (Wildman–Crippen MR) is 115 cm³/mol. The van der Waals surface area contributed by atoms with Crippen LogP contribution in [0.25, 0.3) is 0 Å². The normalized spacial score (nSPS) is 21.4. The summed E-state index contributed by atoms with van der Waals surface area (Å²) in [6.07, 6.45) is 0.954. The highest BCUT2D eigenvalue weighted by Gasteiger charge is 2.40. The largest absolute Gasteiger partial charge is 0.543 e. The zero-order valence-corrected chi connectivity index (χ0v) is 18.5. The molecule has 0 saturated carbocycles. The monoisotopic (exact) mass is 383 g/mol. The van der Waals surface area contributed by atoms with E-state index in [9.17, 15) is 5.11 Å². The molecule has 27 heavy (non-hydrogen) atoms. The first-order valence-corrected chi connectivity index (χ1v) is 12.7. The number of hydrogen-bond acceptors (Lipinski definition) is 3. The lowest BCUT2D eigenvalue weighted by molar-refractivity contribution is 0.0490. The van der Waals surface area contributed by atoms with Crippen molar-refractivity contribution in [2.75, 3.05) is 20.1 Å². The second-order valence-corrected chi connectivity index (χ2v) is 14.1. The van der Waals surface area contributed by atoms with Crippen molar-refractivity contribution in [1.82, 2.24) is 4.90 Å². The van der Waals surface area contributed by atoms with E-state index in [1.807, 2.05) is 30.3 Å². The minimum Gasteiger partial charge on any atom is -0.543 e.